The molecule has 0 N–H and O–H groups in total. The van der Waals surface area contributed by atoms with Gasteiger partial charge in [-0.05, 0) is 18.2 Å². The molecule has 0 fully saturated rings. The first kappa shape index (κ1) is 10.8. The molecule has 0 aromatic heterocycles. The number of hydrogen-bond acceptors (Lipinski definition) is 2. The Labute approximate surface area is 82.0 Å². The van der Waals surface area contributed by atoms with Gasteiger partial charge in [-0.15, -0.1) is 4.99 Å². The van der Waals surface area contributed by atoms with Crippen molar-refractivity contribution >= 4 is 17.7 Å². The lowest BCUT2D eigenvalue weighted by Gasteiger charge is -2.09. The molecule has 0 heterocycles. The van der Waals surface area contributed by atoms with Crippen molar-refractivity contribution in [1.82, 2.24) is 0 Å². The van der Waals surface area contributed by atoms with Crippen LogP contribution in [0, 0.1) is 5.82 Å². The molecule has 0 aliphatic heterocycles. The molecule has 6 heteroatoms. The lowest BCUT2D eigenvalue weighted by Crippen LogP contribution is -2.09. The van der Waals surface area contributed by atoms with E-state index in [9.17, 15) is 18.0 Å². The number of carbonyl (C=O) groups excluding carboxylic acids is 1. The standard InChI is InChI=1S/C8H3ClF3NO/c9-6-3-5(1-2-7(6)10)8(11,12)13-4-14/h1-3H. The highest BCUT2D eigenvalue weighted by atomic mass is 35.5. The summed E-state index contributed by atoms with van der Waals surface area (Å²) in [5, 5.41) is -0.455. The van der Waals surface area contributed by atoms with E-state index in [0.29, 0.717) is 6.07 Å². The molecule has 14 heavy (non-hydrogen) atoms. The Morgan fingerprint density at radius 2 is 2.07 bits per heavy atom. The van der Waals surface area contributed by atoms with E-state index < -0.39 is 22.4 Å². The number of rotatable bonds is 2. The molecule has 0 spiro atoms. The summed E-state index contributed by atoms with van der Waals surface area (Å²) in [6, 6.07) is -1.45. The quantitative estimate of drug-likeness (QED) is 0.429. The Morgan fingerprint density at radius 3 is 2.57 bits per heavy atom. The van der Waals surface area contributed by atoms with Crippen molar-refractivity contribution in [3.05, 3.63) is 34.6 Å². The minimum absolute atomic E-state index is 0.455. The fraction of sp³-hybridized carbons (Fsp3) is 0.125. The van der Waals surface area contributed by atoms with Crippen LogP contribution in [-0.4, -0.2) is 6.08 Å². The van der Waals surface area contributed by atoms with Crippen LogP contribution in [0.4, 0.5) is 13.2 Å². The zero-order chi connectivity index (χ0) is 10.8. The van der Waals surface area contributed by atoms with Gasteiger partial charge in [0.15, 0.2) is 0 Å². The molecule has 0 unspecified atom stereocenters. The van der Waals surface area contributed by atoms with Gasteiger partial charge in [-0.2, -0.15) is 8.78 Å². The normalized spacial score (nSPS) is 10.9. The molecular weight excluding hydrogens is 219 g/mol. The van der Waals surface area contributed by atoms with Crippen molar-refractivity contribution in [2.45, 2.75) is 6.05 Å². The third-order valence-electron chi connectivity index (χ3n) is 1.45. The molecule has 0 saturated heterocycles. The van der Waals surface area contributed by atoms with Gasteiger partial charge in [0.2, 0.25) is 6.08 Å². The average molecular weight is 222 g/mol. The fourth-order valence-electron chi connectivity index (χ4n) is 0.805. The Kier molecular flexibility index (Phi) is 2.93. The summed E-state index contributed by atoms with van der Waals surface area (Å²) in [6.45, 7) is 0. The molecule has 0 aliphatic rings. The van der Waals surface area contributed by atoms with E-state index in [0.717, 1.165) is 18.2 Å². The third-order valence-corrected chi connectivity index (χ3v) is 1.74. The molecule has 1 aromatic carbocycles. The van der Waals surface area contributed by atoms with Gasteiger partial charge < -0.3 is 0 Å². The van der Waals surface area contributed by atoms with E-state index in [2.05, 4.69) is 4.99 Å². The second-order valence-corrected chi connectivity index (χ2v) is 2.78. The average Bonchev–Trinajstić information content (AvgIpc) is 2.09. The minimum atomic E-state index is -3.72. The van der Waals surface area contributed by atoms with Crippen LogP contribution >= 0.6 is 11.6 Å². The van der Waals surface area contributed by atoms with Gasteiger partial charge in [-0.3, -0.25) is 0 Å². The molecule has 0 saturated carbocycles. The van der Waals surface area contributed by atoms with Gasteiger partial charge >= 0.3 is 6.05 Å². The first-order valence-corrected chi connectivity index (χ1v) is 3.77. The van der Waals surface area contributed by atoms with Crippen LogP contribution in [0.3, 0.4) is 0 Å². The van der Waals surface area contributed by atoms with Crippen LogP contribution in [0.25, 0.3) is 0 Å². The van der Waals surface area contributed by atoms with Gasteiger partial charge in [0.25, 0.3) is 0 Å². The predicted molar refractivity (Wildman–Crippen MR) is 43.4 cm³/mol. The van der Waals surface area contributed by atoms with Gasteiger partial charge in [0.1, 0.15) is 5.82 Å². The second-order valence-electron chi connectivity index (χ2n) is 2.37. The van der Waals surface area contributed by atoms with Gasteiger partial charge in [0, 0.05) is 5.56 Å². The zero-order valence-electron chi connectivity index (χ0n) is 6.60. The third kappa shape index (κ3) is 2.13. The maximum absolute atomic E-state index is 12.9. The summed E-state index contributed by atoms with van der Waals surface area (Å²) < 4.78 is 38.3. The molecule has 1 rings (SSSR count). The molecule has 1 aromatic rings. The maximum atomic E-state index is 12.9. The first-order valence-electron chi connectivity index (χ1n) is 3.40. The highest BCUT2D eigenvalue weighted by Crippen LogP contribution is 2.31. The monoisotopic (exact) mass is 221 g/mol. The number of benzene rings is 1. The molecule has 74 valence electrons. The summed E-state index contributed by atoms with van der Waals surface area (Å²) in [5.74, 6) is -0.818. The van der Waals surface area contributed by atoms with Crippen molar-refractivity contribution < 1.29 is 18.0 Å². The molecule has 0 bridgehead atoms. The van der Waals surface area contributed by atoms with Crippen LogP contribution in [0.5, 0.6) is 0 Å². The topological polar surface area (TPSA) is 29.4 Å². The van der Waals surface area contributed by atoms with Crippen molar-refractivity contribution in [2.24, 2.45) is 4.99 Å². The molecule has 0 radical (unpaired) electrons. The van der Waals surface area contributed by atoms with E-state index in [1.807, 2.05) is 0 Å². The molecule has 0 aliphatic carbocycles. The van der Waals surface area contributed by atoms with Crippen molar-refractivity contribution in [3.8, 4) is 0 Å². The summed E-state index contributed by atoms with van der Waals surface area (Å²) in [4.78, 5) is 11.9. The Hall–Kier alpha value is -1.32. The number of halogens is 4. The van der Waals surface area contributed by atoms with E-state index in [1.54, 1.807) is 0 Å². The molecule has 2 nitrogen and oxygen atoms in total. The highest BCUT2D eigenvalue weighted by molar-refractivity contribution is 6.30. The lowest BCUT2D eigenvalue weighted by molar-refractivity contribution is 0.00612. The van der Waals surface area contributed by atoms with Crippen LogP contribution < -0.4 is 0 Å². The van der Waals surface area contributed by atoms with Crippen LogP contribution in [-0.2, 0) is 10.8 Å². The van der Waals surface area contributed by atoms with E-state index in [4.69, 9.17) is 11.6 Å². The van der Waals surface area contributed by atoms with Crippen LogP contribution in [0.15, 0.2) is 23.2 Å². The minimum Gasteiger partial charge on any atom is -0.211 e. The number of alkyl halides is 2. The zero-order valence-corrected chi connectivity index (χ0v) is 7.36. The Morgan fingerprint density at radius 1 is 1.43 bits per heavy atom. The van der Waals surface area contributed by atoms with Gasteiger partial charge in [-0.1, -0.05) is 11.6 Å². The Bertz CT molecular complexity index is 402. The fourth-order valence-corrected chi connectivity index (χ4v) is 0.986. The van der Waals surface area contributed by atoms with Gasteiger partial charge in [0.05, 0.1) is 5.02 Å². The van der Waals surface area contributed by atoms with Crippen LogP contribution in [0.1, 0.15) is 5.56 Å². The maximum Gasteiger partial charge on any atom is 0.379 e. The summed E-state index contributed by atoms with van der Waals surface area (Å²) >= 11 is 5.27. The first-order chi connectivity index (χ1) is 6.47. The largest absolute Gasteiger partial charge is 0.379 e. The van der Waals surface area contributed by atoms with Crippen LogP contribution in [0.2, 0.25) is 5.02 Å². The summed E-state index contributed by atoms with van der Waals surface area (Å²) in [6.07, 6.45) is 0.729. The Balaban J connectivity index is 3.20. The van der Waals surface area contributed by atoms with E-state index >= 15 is 0 Å². The van der Waals surface area contributed by atoms with Crippen molar-refractivity contribution in [1.29, 1.82) is 0 Å². The SMILES string of the molecule is O=C=NC(F)(F)c1ccc(F)c(Cl)c1. The summed E-state index contributed by atoms with van der Waals surface area (Å²) in [7, 11) is 0. The number of isocyanates is 1. The number of aliphatic imine (C=N–C) groups is 1. The van der Waals surface area contributed by atoms with Crippen molar-refractivity contribution in [3.63, 3.8) is 0 Å². The highest BCUT2D eigenvalue weighted by Gasteiger charge is 2.31. The van der Waals surface area contributed by atoms with Gasteiger partial charge in [-0.25, -0.2) is 9.18 Å². The van der Waals surface area contributed by atoms with E-state index in [-0.39, 0.29) is 0 Å². The molecule has 0 atom stereocenters. The predicted octanol–water partition coefficient (Wildman–Crippen LogP) is 2.86. The molecule has 0 amide bonds. The van der Waals surface area contributed by atoms with Crippen molar-refractivity contribution in [2.75, 3.05) is 0 Å². The summed E-state index contributed by atoms with van der Waals surface area (Å²) in [5.41, 5.74) is -0.660. The number of hydrogen-bond donors (Lipinski definition) is 0. The van der Waals surface area contributed by atoms with E-state index in [1.165, 1.54) is 0 Å². The molecular formula is C8H3ClF3NO. The smallest absolute Gasteiger partial charge is 0.211 e. The second kappa shape index (κ2) is 3.82. The lowest BCUT2D eigenvalue weighted by atomic mass is 10.2. The number of nitrogens with zero attached hydrogens (tertiary/aromatic N) is 1.